The second-order valence-electron chi connectivity index (χ2n) is 9.21. The highest BCUT2D eigenvalue weighted by Crippen LogP contribution is 2.43. The van der Waals surface area contributed by atoms with Crippen molar-refractivity contribution in [1.29, 1.82) is 0 Å². The quantitative estimate of drug-likeness (QED) is 0.467. The summed E-state index contributed by atoms with van der Waals surface area (Å²) in [5.74, 6) is -3.52. The van der Waals surface area contributed by atoms with E-state index in [0.717, 1.165) is 5.56 Å². The number of carbonyl (C=O) groups excluding carboxylic acids is 2. The Kier molecular flexibility index (Phi) is 8.35. The molecule has 8 nitrogen and oxygen atoms in total. The van der Waals surface area contributed by atoms with E-state index < -0.39 is 46.7 Å². The number of aliphatic carboxylic acids is 1. The lowest BCUT2D eigenvalue weighted by molar-refractivity contribution is -0.248. The van der Waals surface area contributed by atoms with Crippen molar-refractivity contribution < 1.29 is 29.3 Å². The van der Waals surface area contributed by atoms with E-state index in [0.29, 0.717) is 0 Å². The molecule has 3 unspecified atom stereocenters. The number of hydrogen-bond donors (Lipinski definition) is 3. The third-order valence-corrected chi connectivity index (χ3v) is 4.68. The van der Waals surface area contributed by atoms with Gasteiger partial charge in [-0.15, -0.1) is 0 Å². The Labute approximate surface area is 171 Å². The predicted octanol–water partition coefficient (Wildman–Crippen LogP) is 3.11. The normalized spacial score (nSPS) is 15.1. The SMILES string of the molecule is CC(C)(C)C(C(=O)O)C(C(N)C(=O)NC(=O)OOCc1ccccc1)C(C)(C)C. The van der Waals surface area contributed by atoms with Crippen LogP contribution < -0.4 is 11.1 Å². The van der Waals surface area contributed by atoms with Crippen molar-refractivity contribution in [3.8, 4) is 0 Å². The Hall–Kier alpha value is -2.45. The summed E-state index contributed by atoms with van der Waals surface area (Å²) in [6.07, 6.45) is -1.11. The largest absolute Gasteiger partial charge is 0.481 e. The lowest BCUT2D eigenvalue weighted by Crippen LogP contribution is -2.56. The highest BCUT2D eigenvalue weighted by Gasteiger charge is 2.48. The number of carboxylic acid groups (broad SMARTS) is 1. The first-order valence-corrected chi connectivity index (χ1v) is 9.41. The van der Waals surface area contributed by atoms with Gasteiger partial charge in [0, 0.05) is 5.92 Å². The van der Waals surface area contributed by atoms with E-state index in [2.05, 4.69) is 4.89 Å². The van der Waals surface area contributed by atoms with E-state index >= 15 is 0 Å². The third-order valence-electron chi connectivity index (χ3n) is 4.68. The molecule has 1 aromatic carbocycles. The van der Waals surface area contributed by atoms with Crippen molar-refractivity contribution in [2.45, 2.75) is 54.2 Å². The highest BCUT2D eigenvalue weighted by molar-refractivity contribution is 5.95. The maximum Gasteiger partial charge on any atom is 0.445 e. The Morgan fingerprint density at radius 1 is 1.03 bits per heavy atom. The van der Waals surface area contributed by atoms with Gasteiger partial charge in [-0.2, -0.15) is 4.89 Å². The zero-order valence-corrected chi connectivity index (χ0v) is 17.9. The molecule has 0 spiro atoms. The van der Waals surface area contributed by atoms with E-state index in [1.807, 2.05) is 44.3 Å². The van der Waals surface area contributed by atoms with Crippen LogP contribution in [0.25, 0.3) is 0 Å². The molecule has 162 valence electrons. The van der Waals surface area contributed by atoms with Gasteiger partial charge < -0.3 is 10.8 Å². The summed E-state index contributed by atoms with van der Waals surface area (Å²) in [6.45, 7) is 10.8. The molecule has 29 heavy (non-hydrogen) atoms. The summed E-state index contributed by atoms with van der Waals surface area (Å²) < 4.78 is 0. The second-order valence-corrected chi connectivity index (χ2v) is 9.21. The first kappa shape index (κ1) is 24.6. The number of carboxylic acids is 1. The minimum Gasteiger partial charge on any atom is -0.481 e. The van der Waals surface area contributed by atoms with Gasteiger partial charge in [0.25, 0.3) is 0 Å². The lowest BCUT2D eigenvalue weighted by atomic mass is 9.61. The standard InChI is InChI=1S/C21H32N2O6/c1-20(2,3)14(15(18(25)26)21(4,5)6)16(22)17(24)23-19(27)29-28-12-13-10-8-7-9-11-13/h7-11,14-16H,12,22H2,1-6H3,(H,25,26)(H,23,24,27). The van der Waals surface area contributed by atoms with Crippen molar-refractivity contribution in [2.75, 3.05) is 0 Å². The summed E-state index contributed by atoms with van der Waals surface area (Å²) in [5.41, 5.74) is 5.65. The summed E-state index contributed by atoms with van der Waals surface area (Å²) in [6, 6.07) is 7.79. The van der Waals surface area contributed by atoms with Crippen LogP contribution in [0.1, 0.15) is 47.1 Å². The maximum atomic E-state index is 12.5. The summed E-state index contributed by atoms with van der Waals surface area (Å²) in [5, 5.41) is 11.8. The molecule has 0 bridgehead atoms. The van der Waals surface area contributed by atoms with Gasteiger partial charge in [-0.3, -0.25) is 19.8 Å². The molecule has 0 saturated heterocycles. The molecule has 4 N–H and O–H groups in total. The second kappa shape index (κ2) is 9.84. The maximum absolute atomic E-state index is 12.5. The molecule has 2 amide bonds. The zero-order chi connectivity index (χ0) is 22.4. The fourth-order valence-corrected chi connectivity index (χ4v) is 3.40. The molecule has 0 aliphatic heterocycles. The van der Waals surface area contributed by atoms with Crippen LogP contribution in [0.2, 0.25) is 0 Å². The van der Waals surface area contributed by atoms with Gasteiger partial charge in [0.1, 0.15) is 6.61 Å². The van der Waals surface area contributed by atoms with Crippen LogP contribution in [0.4, 0.5) is 4.79 Å². The first-order valence-electron chi connectivity index (χ1n) is 9.41. The number of rotatable bonds is 7. The van der Waals surface area contributed by atoms with Crippen LogP contribution in [0.5, 0.6) is 0 Å². The van der Waals surface area contributed by atoms with Gasteiger partial charge in [0.2, 0.25) is 5.91 Å². The molecule has 0 aliphatic carbocycles. The number of amides is 2. The van der Waals surface area contributed by atoms with Crippen molar-refractivity contribution in [2.24, 2.45) is 28.4 Å². The van der Waals surface area contributed by atoms with Crippen molar-refractivity contribution in [3.63, 3.8) is 0 Å². The molecule has 0 aliphatic rings. The van der Waals surface area contributed by atoms with E-state index in [-0.39, 0.29) is 6.61 Å². The van der Waals surface area contributed by atoms with Gasteiger partial charge in [0.05, 0.1) is 12.0 Å². The molecule has 0 radical (unpaired) electrons. The van der Waals surface area contributed by atoms with Gasteiger partial charge >= 0.3 is 12.1 Å². The van der Waals surface area contributed by atoms with Gasteiger partial charge in [-0.05, 0) is 16.4 Å². The molecular weight excluding hydrogens is 376 g/mol. The van der Waals surface area contributed by atoms with E-state index in [1.165, 1.54) is 0 Å². The van der Waals surface area contributed by atoms with Gasteiger partial charge in [0.15, 0.2) is 0 Å². The number of imide groups is 1. The van der Waals surface area contributed by atoms with Gasteiger partial charge in [-0.25, -0.2) is 4.79 Å². The first-order chi connectivity index (χ1) is 13.2. The molecule has 0 saturated carbocycles. The lowest BCUT2D eigenvalue weighted by Gasteiger charge is -2.43. The predicted molar refractivity (Wildman–Crippen MR) is 107 cm³/mol. The average molecular weight is 408 g/mol. The van der Waals surface area contributed by atoms with Crippen molar-refractivity contribution in [1.82, 2.24) is 5.32 Å². The molecule has 0 aromatic heterocycles. The van der Waals surface area contributed by atoms with E-state index in [1.54, 1.807) is 32.9 Å². The number of nitrogens with two attached hydrogens (primary N) is 1. The van der Waals surface area contributed by atoms with E-state index in [4.69, 9.17) is 10.6 Å². The fourth-order valence-electron chi connectivity index (χ4n) is 3.40. The summed E-state index contributed by atoms with van der Waals surface area (Å²) in [4.78, 5) is 45.8. The Balaban J connectivity index is 2.80. The van der Waals surface area contributed by atoms with Crippen LogP contribution >= 0.6 is 0 Å². The molecule has 1 rings (SSSR count). The fraction of sp³-hybridized carbons (Fsp3) is 0.571. The number of nitrogens with one attached hydrogen (secondary N) is 1. The van der Waals surface area contributed by atoms with Crippen LogP contribution in [0, 0.1) is 22.7 Å². The minimum absolute atomic E-state index is 0.0181. The minimum atomic E-state index is -1.24. The Bertz CT molecular complexity index is 706. The Morgan fingerprint density at radius 2 is 1.59 bits per heavy atom. The van der Waals surface area contributed by atoms with Crippen molar-refractivity contribution >= 4 is 18.0 Å². The number of hydrogen-bond acceptors (Lipinski definition) is 6. The molecule has 1 aromatic rings. The van der Waals surface area contributed by atoms with Gasteiger partial charge in [-0.1, -0.05) is 71.9 Å². The van der Waals surface area contributed by atoms with Crippen molar-refractivity contribution in [3.05, 3.63) is 35.9 Å². The smallest absolute Gasteiger partial charge is 0.445 e. The van der Waals surface area contributed by atoms with Crippen LogP contribution in [0.15, 0.2) is 30.3 Å². The monoisotopic (exact) mass is 408 g/mol. The van der Waals surface area contributed by atoms with Crippen LogP contribution in [0.3, 0.4) is 0 Å². The highest BCUT2D eigenvalue weighted by atomic mass is 17.2. The Morgan fingerprint density at radius 3 is 2.03 bits per heavy atom. The van der Waals surface area contributed by atoms with Crippen LogP contribution in [-0.2, 0) is 26.0 Å². The number of carbonyl (C=O) groups is 3. The van der Waals surface area contributed by atoms with Crippen LogP contribution in [-0.4, -0.2) is 29.1 Å². The summed E-state index contributed by atoms with van der Waals surface area (Å²) in [7, 11) is 0. The number of benzene rings is 1. The average Bonchev–Trinajstić information content (AvgIpc) is 2.57. The third kappa shape index (κ3) is 7.47. The topological polar surface area (TPSA) is 128 Å². The summed E-state index contributed by atoms with van der Waals surface area (Å²) >= 11 is 0. The zero-order valence-electron chi connectivity index (χ0n) is 17.9. The molecule has 0 fully saturated rings. The molecule has 8 heteroatoms. The molecular formula is C21H32N2O6. The molecule has 0 heterocycles. The van der Waals surface area contributed by atoms with E-state index in [9.17, 15) is 19.5 Å². The molecule has 3 atom stereocenters.